The van der Waals surface area contributed by atoms with E-state index in [-0.39, 0.29) is 5.04 Å². The summed E-state index contributed by atoms with van der Waals surface area (Å²) in [7, 11) is -1.72. The first kappa shape index (κ1) is 25.7. The van der Waals surface area contributed by atoms with Gasteiger partial charge in [-0.25, -0.2) is 0 Å². The van der Waals surface area contributed by atoms with Gasteiger partial charge in [-0.1, -0.05) is 64.8 Å². The quantitative estimate of drug-likeness (QED) is 0.394. The van der Waals surface area contributed by atoms with Crippen LogP contribution in [0.1, 0.15) is 99.3 Å². The minimum Gasteiger partial charge on any atom is -0.414 e. The molecular weight excluding hydrogens is 420 g/mol. The number of hydrogen-bond acceptors (Lipinski definition) is 2. The molecule has 0 amide bonds. The van der Waals surface area contributed by atoms with Crippen LogP contribution in [-0.2, 0) is 4.43 Å². The minimum atomic E-state index is -1.72. The third-order valence-corrected chi connectivity index (χ3v) is 15.9. The summed E-state index contributed by atoms with van der Waals surface area (Å²) in [4.78, 5) is 0. The van der Waals surface area contributed by atoms with Crippen LogP contribution >= 0.6 is 0 Å². The van der Waals surface area contributed by atoms with Crippen molar-refractivity contribution in [2.75, 3.05) is 6.61 Å². The molecule has 7 unspecified atom stereocenters. The number of rotatable bonds is 6. The molecule has 0 aliphatic heterocycles. The Balaban J connectivity index is 1.53. The molecule has 3 saturated carbocycles. The molecule has 0 radical (unpaired) electrons. The maximum Gasteiger partial charge on any atom is 0.192 e. The number of fused-ring (bicyclic) bond motifs is 5. The van der Waals surface area contributed by atoms with Gasteiger partial charge in [0, 0.05) is 12.7 Å². The van der Waals surface area contributed by atoms with E-state index in [9.17, 15) is 5.11 Å². The Morgan fingerprint density at radius 3 is 2.45 bits per heavy atom. The van der Waals surface area contributed by atoms with Gasteiger partial charge in [-0.05, 0) is 110 Å². The highest BCUT2D eigenvalue weighted by Gasteiger charge is 2.57. The maximum absolute atomic E-state index is 9.35. The first-order valence-electron chi connectivity index (χ1n) is 14.0. The van der Waals surface area contributed by atoms with Gasteiger partial charge in [0.2, 0.25) is 0 Å². The minimum absolute atomic E-state index is 0.281. The molecule has 2 nitrogen and oxygen atoms in total. The fourth-order valence-electron chi connectivity index (χ4n) is 8.25. The predicted octanol–water partition coefficient (Wildman–Crippen LogP) is 8.28. The summed E-state index contributed by atoms with van der Waals surface area (Å²) in [6, 6.07) is 0. The van der Waals surface area contributed by atoms with Crippen molar-refractivity contribution in [1.82, 2.24) is 0 Å². The molecule has 3 heteroatoms. The van der Waals surface area contributed by atoms with E-state index in [1.54, 1.807) is 11.1 Å². The zero-order chi connectivity index (χ0) is 24.2. The molecule has 0 aromatic rings. The molecule has 0 bridgehead atoms. The van der Waals surface area contributed by atoms with Gasteiger partial charge in [0.1, 0.15) is 0 Å². The van der Waals surface area contributed by atoms with Crippen LogP contribution in [0.25, 0.3) is 0 Å². The summed E-state index contributed by atoms with van der Waals surface area (Å²) in [5, 5.41) is 9.63. The lowest BCUT2D eigenvalue weighted by Crippen LogP contribution is -2.49. The molecular formula is C30H52O2Si. The van der Waals surface area contributed by atoms with Crippen molar-refractivity contribution in [3.8, 4) is 0 Å². The molecule has 1 N–H and O–H groups in total. The van der Waals surface area contributed by atoms with Crippen molar-refractivity contribution in [1.29, 1.82) is 0 Å². The van der Waals surface area contributed by atoms with E-state index in [0.29, 0.717) is 23.5 Å². The Hall–Kier alpha value is -0.383. The summed E-state index contributed by atoms with van der Waals surface area (Å²) in [6.45, 7) is 19.9. The summed E-state index contributed by atoms with van der Waals surface area (Å²) in [6.07, 6.45) is 16.9. The Morgan fingerprint density at radius 1 is 1.06 bits per heavy atom. The van der Waals surface area contributed by atoms with Gasteiger partial charge in [-0.2, -0.15) is 0 Å². The molecule has 4 rings (SSSR count). The van der Waals surface area contributed by atoms with E-state index < -0.39 is 8.32 Å². The highest BCUT2D eigenvalue weighted by Crippen LogP contribution is 2.66. The molecule has 0 heterocycles. The summed E-state index contributed by atoms with van der Waals surface area (Å²) < 4.78 is 6.89. The standard InChI is InChI=1S/C30H52O2Si/c1-21(10-9-19-31)25-13-14-26-24-12-11-22-20-23(32-33(7,8)28(2,3)4)15-17-29(22,5)27(24)16-18-30(25,26)6/h11-12,21,23,25-27,31H,9-10,13-20H2,1-8H3. The van der Waals surface area contributed by atoms with Crippen LogP contribution in [0.5, 0.6) is 0 Å². The van der Waals surface area contributed by atoms with Gasteiger partial charge < -0.3 is 9.53 Å². The fourth-order valence-corrected chi connectivity index (χ4v) is 9.64. The third-order valence-electron chi connectivity index (χ3n) is 11.4. The average molecular weight is 473 g/mol. The fraction of sp³-hybridized carbons (Fsp3) is 0.867. The zero-order valence-corrected chi connectivity index (χ0v) is 24.0. The van der Waals surface area contributed by atoms with Gasteiger partial charge in [-0.3, -0.25) is 0 Å². The number of aliphatic hydroxyl groups is 1. The number of allylic oxidation sites excluding steroid dienone is 3. The van der Waals surface area contributed by atoms with Gasteiger partial charge in [0.05, 0.1) is 0 Å². The van der Waals surface area contributed by atoms with Crippen LogP contribution in [0.15, 0.2) is 23.3 Å². The van der Waals surface area contributed by atoms with Gasteiger partial charge in [-0.15, -0.1) is 0 Å². The second kappa shape index (κ2) is 8.93. The number of hydrogen-bond donors (Lipinski definition) is 1. The first-order chi connectivity index (χ1) is 15.3. The molecule has 3 fully saturated rings. The van der Waals surface area contributed by atoms with Crippen molar-refractivity contribution in [3.05, 3.63) is 23.3 Å². The van der Waals surface area contributed by atoms with Crippen molar-refractivity contribution in [3.63, 3.8) is 0 Å². The molecule has 4 aliphatic carbocycles. The number of aliphatic hydroxyl groups excluding tert-OH is 1. The monoisotopic (exact) mass is 472 g/mol. The topological polar surface area (TPSA) is 29.5 Å². The molecule has 0 aromatic carbocycles. The second-order valence-electron chi connectivity index (χ2n) is 14.2. The summed E-state index contributed by atoms with van der Waals surface area (Å²) >= 11 is 0. The van der Waals surface area contributed by atoms with Crippen LogP contribution in [-0.4, -0.2) is 26.1 Å². The van der Waals surface area contributed by atoms with Gasteiger partial charge >= 0.3 is 0 Å². The van der Waals surface area contributed by atoms with E-state index in [2.05, 4.69) is 66.8 Å². The lowest BCUT2D eigenvalue weighted by molar-refractivity contribution is 0.0337. The van der Waals surface area contributed by atoms with Gasteiger partial charge in [0.15, 0.2) is 8.32 Å². The van der Waals surface area contributed by atoms with Crippen molar-refractivity contribution in [2.45, 2.75) is 124 Å². The van der Waals surface area contributed by atoms with Crippen LogP contribution in [0, 0.1) is 34.5 Å². The normalized spacial score (nSPS) is 39.8. The SMILES string of the molecule is CC(CCCO)C1CCC2C3=CC=C4CC(O[Si](C)(C)C(C)(C)C)CCC4(C)C3CCC21C. The first-order valence-corrected chi connectivity index (χ1v) is 16.9. The largest absolute Gasteiger partial charge is 0.414 e. The third kappa shape index (κ3) is 4.38. The van der Waals surface area contributed by atoms with E-state index in [1.807, 2.05) is 0 Å². The van der Waals surface area contributed by atoms with Crippen molar-refractivity contribution >= 4 is 8.32 Å². The van der Waals surface area contributed by atoms with Crippen LogP contribution in [0.2, 0.25) is 18.1 Å². The summed E-state index contributed by atoms with van der Waals surface area (Å²) in [5.41, 5.74) is 4.29. The lowest BCUT2D eigenvalue weighted by Gasteiger charge is -2.56. The Kier molecular flexibility index (Phi) is 6.95. The molecule has 7 atom stereocenters. The van der Waals surface area contributed by atoms with Crippen LogP contribution in [0.3, 0.4) is 0 Å². The van der Waals surface area contributed by atoms with Crippen LogP contribution in [0.4, 0.5) is 0 Å². The molecule has 0 spiro atoms. The lowest BCUT2D eigenvalue weighted by atomic mass is 9.50. The predicted molar refractivity (Wildman–Crippen MR) is 143 cm³/mol. The average Bonchev–Trinajstić information content (AvgIpc) is 3.08. The second-order valence-corrected chi connectivity index (χ2v) is 19.0. The highest BCUT2D eigenvalue weighted by atomic mass is 28.4. The molecule has 188 valence electrons. The molecule has 33 heavy (non-hydrogen) atoms. The van der Waals surface area contributed by atoms with E-state index in [1.165, 1.54) is 44.9 Å². The Bertz CT molecular complexity index is 790. The van der Waals surface area contributed by atoms with E-state index in [0.717, 1.165) is 36.5 Å². The summed E-state index contributed by atoms with van der Waals surface area (Å²) in [5.74, 6) is 3.07. The van der Waals surface area contributed by atoms with E-state index in [4.69, 9.17) is 4.43 Å². The van der Waals surface area contributed by atoms with Crippen molar-refractivity contribution in [2.24, 2.45) is 34.5 Å². The maximum atomic E-state index is 9.35. The van der Waals surface area contributed by atoms with Crippen LogP contribution < -0.4 is 0 Å². The molecule has 4 aliphatic rings. The Morgan fingerprint density at radius 2 is 1.79 bits per heavy atom. The van der Waals surface area contributed by atoms with E-state index >= 15 is 0 Å². The molecule has 0 saturated heterocycles. The van der Waals surface area contributed by atoms with Gasteiger partial charge in [0.25, 0.3) is 0 Å². The highest BCUT2D eigenvalue weighted by molar-refractivity contribution is 6.74. The zero-order valence-electron chi connectivity index (χ0n) is 23.0. The smallest absolute Gasteiger partial charge is 0.192 e. The van der Waals surface area contributed by atoms with Crippen molar-refractivity contribution < 1.29 is 9.53 Å². The molecule has 0 aromatic heterocycles. The Labute approximate surface area is 205 Å².